The molecule has 1 heterocycles. The number of hydrogen-bond acceptors (Lipinski definition) is 2. The zero-order valence-corrected chi connectivity index (χ0v) is 6.87. The number of halogens is 1. The maximum atomic E-state index is 12.6. The first-order valence-electron chi connectivity index (χ1n) is 3.84. The van der Waals surface area contributed by atoms with Crippen LogP contribution in [0.4, 0.5) is 4.39 Å². The fraction of sp³-hybridized carbons (Fsp3) is 0. The second kappa shape index (κ2) is 2.94. The first-order valence-corrected chi connectivity index (χ1v) is 3.84. The third kappa shape index (κ3) is 1.40. The highest BCUT2D eigenvalue weighted by molar-refractivity contribution is 5.78. The van der Waals surface area contributed by atoms with E-state index in [2.05, 4.69) is 16.5 Å². The van der Waals surface area contributed by atoms with Crippen molar-refractivity contribution in [1.82, 2.24) is 9.97 Å². The highest BCUT2D eigenvalue weighted by atomic mass is 19.1. The minimum atomic E-state index is -0.606. The Bertz CT molecular complexity index is 465. The van der Waals surface area contributed by atoms with Crippen LogP contribution in [0.2, 0.25) is 0 Å². The lowest BCUT2D eigenvalue weighted by Gasteiger charge is -1.97. The Kier molecular flexibility index (Phi) is 1.77. The summed E-state index contributed by atoms with van der Waals surface area (Å²) in [5, 5.41) is 0.896. The van der Waals surface area contributed by atoms with E-state index < -0.39 is 5.83 Å². The van der Waals surface area contributed by atoms with Crippen LogP contribution in [0.25, 0.3) is 16.7 Å². The van der Waals surface area contributed by atoms with Crippen LogP contribution >= 0.6 is 0 Å². The van der Waals surface area contributed by atoms with E-state index in [1.54, 1.807) is 6.20 Å². The van der Waals surface area contributed by atoms with Crippen LogP contribution in [0.3, 0.4) is 0 Å². The molecule has 0 N–H and O–H groups in total. The number of rotatable bonds is 1. The molecule has 64 valence electrons. The van der Waals surface area contributed by atoms with Gasteiger partial charge in [0.05, 0.1) is 5.52 Å². The molecule has 0 aliphatic carbocycles. The van der Waals surface area contributed by atoms with Gasteiger partial charge in [-0.15, -0.1) is 0 Å². The predicted molar refractivity (Wildman–Crippen MR) is 49.7 cm³/mol. The highest BCUT2D eigenvalue weighted by Gasteiger charge is 2.01. The number of fused-ring (bicyclic) bond motifs is 1. The minimum absolute atomic E-state index is 0.0544. The molecular weight excluding hydrogens is 167 g/mol. The van der Waals surface area contributed by atoms with Crippen molar-refractivity contribution in [1.29, 1.82) is 0 Å². The van der Waals surface area contributed by atoms with E-state index in [1.807, 2.05) is 24.3 Å². The van der Waals surface area contributed by atoms with Gasteiger partial charge in [0.2, 0.25) is 0 Å². The Labute approximate surface area is 74.8 Å². The molecule has 13 heavy (non-hydrogen) atoms. The van der Waals surface area contributed by atoms with Gasteiger partial charge < -0.3 is 0 Å². The summed E-state index contributed by atoms with van der Waals surface area (Å²) in [6.45, 7) is 3.14. The number of aromatic nitrogens is 2. The lowest BCUT2D eigenvalue weighted by molar-refractivity contribution is 0.747. The van der Waals surface area contributed by atoms with E-state index in [4.69, 9.17) is 0 Å². The Morgan fingerprint density at radius 2 is 2.08 bits per heavy atom. The molecule has 0 atom stereocenters. The molecule has 0 amide bonds. The fourth-order valence-electron chi connectivity index (χ4n) is 1.10. The summed E-state index contributed by atoms with van der Waals surface area (Å²) in [6.07, 6.45) is 1.59. The van der Waals surface area contributed by atoms with Crippen molar-refractivity contribution in [2.24, 2.45) is 0 Å². The van der Waals surface area contributed by atoms with Crippen LogP contribution in [0.5, 0.6) is 0 Å². The van der Waals surface area contributed by atoms with Gasteiger partial charge in [0, 0.05) is 11.6 Å². The van der Waals surface area contributed by atoms with Crippen molar-refractivity contribution < 1.29 is 4.39 Å². The summed E-state index contributed by atoms with van der Waals surface area (Å²) < 4.78 is 12.6. The van der Waals surface area contributed by atoms with Crippen LogP contribution < -0.4 is 0 Å². The first kappa shape index (κ1) is 7.86. The molecule has 1 aromatic carbocycles. The highest BCUT2D eigenvalue weighted by Crippen LogP contribution is 2.13. The van der Waals surface area contributed by atoms with Gasteiger partial charge in [0.15, 0.2) is 11.7 Å². The molecule has 0 saturated heterocycles. The lowest BCUT2D eigenvalue weighted by Crippen LogP contribution is -1.90. The van der Waals surface area contributed by atoms with Crippen molar-refractivity contribution in [2.75, 3.05) is 0 Å². The van der Waals surface area contributed by atoms with Crippen LogP contribution in [0.15, 0.2) is 37.0 Å². The zero-order chi connectivity index (χ0) is 9.26. The summed E-state index contributed by atoms with van der Waals surface area (Å²) in [5.74, 6) is -0.551. The molecule has 2 aromatic rings. The average molecular weight is 174 g/mol. The van der Waals surface area contributed by atoms with Crippen LogP contribution in [-0.2, 0) is 0 Å². The molecule has 0 spiro atoms. The summed E-state index contributed by atoms with van der Waals surface area (Å²) in [5.41, 5.74) is 0.728. The smallest absolute Gasteiger partial charge is 0.188 e. The molecule has 0 fully saturated rings. The monoisotopic (exact) mass is 174 g/mol. The first-order chi connectivity index (χ1) is 6.27. The van der Waals surface area contributed by atoms with Gasteiger partial charge in [-0.25, -0.2) is 14.4 Å². The molecule has 0 radical (unpaired) electrons. The van der Waals surface area contributed by atoms with Gasteiger partial charge in [0.25, 0.3) is 0 Å². The third-order valence-corrected chi connectivity index (χ3v) is 1.73. The van der Waals surface area contributed by atoms with E-state index >= 15 is 0 Å². The molecule has 0 bridgehead atoms. The minimum Gasteiger partial charge on any atom is -0.234 e. The van der Waals surface area contributed by atoms with E-state index in [-0.39, 0.29) is 5.82 Å². The van der Waals surface area contributed by atoms with Crippen molar-refractivity contribution in [3.8, 4) is 0 Å². The van der Waals surface area contributed by atoms with Gasteiger partial charge in [-0.2, -0.15) is 0 Å². The second-order valence-corrected chi connectivity index (χ2v) is 2.66. The molecule has 0 saturated carbocycles. The second-order valence-electron chi connectivity index (χ2n) is 2.66. The van der Waals surface area contributed by atoms with Gasteiger partial charge in [-0.1, -0.05) is 24.8 Å². The quantitative estimate of drug-likeness (QED) is 0.664. The molecule has 0 unspecified atom stereocenters. The molecule has 2 rings (SSSR count). The number of hydrogen-bond donors (Lipinski definition) is 0. The van der Waals surface area contributed by atoms with E-state index in [0.717, 1.165) is 10.9 Å². The Morgan fingerprint density at radius 1 is 1.31 bits per heavy atom. The Morgan fingerprint density at radius 3 is 2.85 bits per heavy atom. The standard InChI is InChI=1S/C10H7FN2/c1-7(11)10-12-6-8-4-2-3-5-9(8)13-10/h2-6H,1H2. The number of nitrogens with zero attached hydrogens (tertiary/aromatic N) is 2. The van der Waals surface area contributed by atoms with Crippen LogP contribution in [-0.4, -0.2) is 9.97 Å². The summed E-state index contributed by atoms with van der Waals surface area (Å²) in [4.78, 5) is 7.81. The average Bonchev–Trinajstić information content (AvgIpc) is 2.17. The molecule has 1 aromatic heterocycles. The van der Waals surface area contributed by atoms with Gasteiger partial charge in [0.1, 0.15) is 0 Å². The summed E-state index contributed by atoms with van der Waals surface area (Å²) in [6, 6.07) is 7.42. The molecular formula is C10H7FN2. The van der Waals surface area contributed by atoms with E-state index in [1.165, 1.54) is 0 Å². The molecule has 2 nitrogen and oxygen atoms in total. The zero-order valence-electron chi connectivity index (χ0n) is 6.87. The van der Waals surface area contributed by atoms with Crippen molar-refractivity contribution in [3.63, 3.8) is 0 Å². The van der Waals surface area contributed by atoms with Crippen molar-refractivity contribution in [3.05, 3.63) is 42.9 Å². The topological polar surface area (TPSA) is 25.8 Å². The maximum absolute atomic E-state index is 12.6. The largest absolute Gasteiger partial charge is 0.234 e. The SMILES string of the molecule is C=C(F)c1ncc2ccccc2n1. The number of para-hydroxylation sites is 1. The summed E-state index contributed by atoms with van der Waals surface area (Å²) in [7, 11) is 0. The molecule has 0 aliphatic rings. The third-order valence-electron chi connectivity index (χ3n) is 1.73. The normalized spacial score (nSPS) is 10.2. The Balaban J connectivity index is 2.69. The molecule has 3 heteroatoms. The van der Waals surface area contributed by atoms with Crippen LogP contribution in [0.1, 0.15) is 5.82 Å². The summed E-state index contributed by atoms with van der Waals surface area (Å²) >= 11 is 0. The fourth-order valence-corrected chi connectivity index (χ4v) is 1.10. The maximum Gasteiger partial charge on any atom is 0.188 e. The molecule has 0 aliphatic heterocycles. The van der Waals surface area contributed by atoms with Gasteiger partial charge in [-0.05, 0) is 6.07 Å². The number of benzene rings is 1. The lowest BCUT2D eigenvalue weighted by atomic mass is 10.2. The Hall–Kier alpha value is -1.77. The van der Waals surface area contributed by atoms with E-state index in [0.29, 0.717) is 0 Å². The van der Waals surface area contributed by atoms with Crippen molar-refractivity contribution >= 4 is 16.7 Å². The van der Waals surface area contributed by atoms with E-state index in [9.17, 15) is 4.39 Å². The predicted octanol–water partition coefficient (Wildman–Crippen LogP) is 2.57. The van der Waals surface area contributed by atoms with Gasteiger partial charge >= 0.3 is 0 Å². The van der Waals surface area contributed by atoms with Crippen LogP contribution in [0, 0.1) is 0 Å². The van der Waals surface area contributed by atoms with Crippen molar-refractivity contribution in [2.45, 2.75) is 0 Å². The van der Waals surface area contributed by atoms with Gasteiger partial charge in [-0.3, -0.25) is 0 Å².